The van der Waals surface area contributed by atoms with E-state index in [9.17, 15) is 22.8 Å². The molecule has 0 saturated carbocycles. The van der Waals surface area contributed by atoms with Crippen LogP contribution in [-0.4, -0.2) is 43.7 Å². The third kappa shape index (κ3) is 3.54. The van der Waals surface area contributed by atoms with Crippen molar-refractivity contribution in [3.63, 3.8) is 0 Å². The summed E-state index contributed by atoms with van der Waals surface area (Å²) < 4.78 is 30.3. The molecule has 0 aromatic heterocycles. The van der Waals surface area contributed by atoms with Crippen molar-refractivity contribution >= 4 is 33.5 Å². The Labute approximate surface area is 155 Å². The lowest BCUT2D eigenvalue weighted by Gasteiger charge is -2.15. The standard InChI is InChI=1S/C18H16N2O6S/c1-2-26-18(23)12-6-5-7-13(10-12)19-16(21)11-20-17(22)14-8-3-4-9-15(14)27(20,24)25/h3-10H,2,11H2,1H3,(H,19,21). The van der Waals surface area contributed by atoms with Crippen molar-refractivity contribution in [2.75, 3.05) is 18.5 Å². The maximum absolute atomic E-state index is 12.5. The second-order valence-electron chi connectivity index (χ2n) is 5.66. The molecule has 2 amide bonds. The van der Waals surface area contributed by atoms with Crippen LogP contribution < -0.4 is 5.32 Å². The number of carbonyl (C=O) groups excluding carboxylic acids is 3. The van der Waals surface area contributed by atoms with E-state index in [2.05, 4.69) is 5.32 Å². The van der Waals surface area contributed by atoms with Gasteiger partial charge in [-0.2, -0.15) is 0 Å². The van der Waals surface area contributed by atoms with Gasteiger partial charge in [-0.15, -0.1) is 0 Å². The molecule has 0 radical (unpaired) electrons. The topological polar surface area (TPSA) is 110 Å². The van der Waals surface area contributed by atoms with Gasteiger partial charge < -0.3 is 10.1 Å². The molecule has 1 aliphatic rings. The van der Waals surface area contributed by atoms with Crippen LogP contribution in [0, 0.1) is 0 Å². The minimum Gasteiger partial charge on any atom is -0.462 e. The number of amides is 2. The van der Waals surface area contributed by atoms with Crippen LogP contribution in [0.15, 0.2) is 53.4 Å². The number of esters is 1. The van der Waals surface area contributed by atoms with Crippen LogP contribution in [0.1, 0.15) is 27.6 Å². The molecule has 2 aromatic carbocycles. The largest absolute Gasteiger partial charge is 0.462 e. The monoisotopic (exact) mass is 388 g/mol. The zero-order valence-corrected chi connectivity index (χ0v) is 15.2. The van der Waals surface area contributed by atoms with Gasteiger partial charge in [0, 0.05) is 5.69 Å². The van der Waals surface area contributed by atoms with E-state index in [1.807, 2.05) is 0 Å². The summed E-state index contributed by atoms with van der Waals surface area (Å²) in [5, 5.41) is 2.49. The molecule has 0 spiro atoms. The highest BCUT2D eigenvalue weighted by Gasteiger charge is 2.41. The molecule has 1 aliphatic heterocycles. The molecule has 9 heteroatoms. The number of nitrogens with one attached hydrogen (secondary N) is 1. The number of anilines is 1. The lowest BCUT2D eigenvalue weighted by atomic mass is 10.2. The van der Waals surface area contributed by atoms with Crippen molar-refractivity contribution < 1.29 is 27.5 Å². The predicted molar refractivity (Wildman–Crippen MR) is 95.7 cm³/mol. The van der Waals surface area contributed by atoms with Gasteiger partial charge in [0.25, 0.3) is 15.9 Å². The molecular weight excluding hydrogens is 372 g/mol. The van der Waals surface area contributed by atoms with Crippen LogP contribution in [-0.2, 0) is 19.6 Å². The number of fused-ring (bicyclic) bond motifs is 1. The maximum Gasteiger partial charge on any atom is 0.338 e. The SMILES string of the molecule is CCOC(=O)c1cccc(NC(=O)CN2C(=O)c3ccccc3S2(=O)=O)c1. The zero-order chi connectivity index (χ0) is 19.6. The first-order valence-electron chi connectivity index (χ1n) is 8.07. The van der Waals surface area contributed by atoms with E-state index in [-0.39, 0.29) is 28.3 Å². The summed E-state index contributed by atoms with van der Waals surface area (Å²) in [4.78, 5) is 36.2. The molecule has 0 unspecified atom stereocenters. The quantitative estimate of drug-likeness (QED) is 0.780. The number of benzene rings is 2. The minimum atomic E-state index is -4.06. The molecule has 0 fully saturated rings. The summed E-state index contributed by atoms with van der Waals surface area (Å²) in [5.74, 6) is -2.00. The van der Waals surface area contributed by atoms with Crippen molar-refractivity contribution in [3.8, 4) is 0 Å². The highest BCUT2D eigenvalue weighted by Crippen LogP contribution is 2.29. The molecule has 1 N–H and O–H groups in total. The number of rotatable bonds is 5. The van der Waals surface area contributed by atoms with Gasteiger partial charge in [-0.1, -0.05) is 18.2 Å². The smallest absolute Gasteiger partial charge is 0.338 e. The fraction of sp³-hybridized carbons (Fsp3) is 0.167. The minimum absolute atomic E-state index is 0.0367. The van der Waals surface area contributed by atoms with Crippen LogP contribution in [0.2, 0.25) is 0 Å². The number of carbonyl (C=O) groups is 3. The molecule has 140 valence electrons. The molecule has 27 heavy (non-hydrogen) atoms. The second kappa shape index (κ2) is 7.20. The number of hydrogen-bond donors (Lipinski definition) is 1. The molecule has 0 atom stereocenters. The van der Waals surface area contributed by atoms with Crippen LogP contribution in [0.5, 0.6) is 0 Å². The highest BCUT2D eigenvalue weighted by atomic mass is 32.2. The van der Waals surface area contributed by atoms with E-state index in [1.165, 1.54) is 36.4 Å². The highest BCUT2D eigenvalue weighted by molar-refractivity contribution is 7.90. The average Bonchev–Trinajstić information content (AvgIpc) is 2.83. The molecule has 1 heterocycles. The Balaban J connectivity index is 1.75. The summed E-state index contributed by atoms with van der Waals surface area (Å²) in [5.41, 5.74) is 0.564. The Bertz CT molecular complexity index is 1030. The van der Waals surface area contributed by atoms with Gasteiger partial charge in [0.15, 0.2) is 0 Å². The summed E-state index contributed by atoms with van der Waals surface area (Å²) in [6.07, 6.45) is 0. The predicted octanol–water partition coefficient (Wildman–Crippen LogP) is 1.65. The van der Waals surface area contributed by atoms with E-state index in [1.54, 1.807) is 19.1 Å². The lowest BCUT2D eigenvalue weighted by Crippen LogP contribution is -2.37. The van der Waals surface area contributed by atoms with Crippen molar-refractivity contribution in [3.05, 3.63) is 59.7 Å². The van der Waals surface area contributed by atoms with E-state index >= 15 is 0 Å². The van der Waals surface area contributed by atoms with Gasteiger partial charge in [0.05, 0.1) is 17.7 Å². The number of ether oxygens (including phenoxy) is 1. The molecule has 8 nitrogen and oxygen atoms in total. The first-order chi connectivity index (χ1) is 12.8. The molecule has 0 bridgehead atoms. The lowest BCUT2D eigenvalue weighted by molar-refractivity contribution is -0.116. The van der Waals surface area contributed by atoms with Crippen molar-refractivity contribution in [2.45, 2.75) is 11.8 Å². The molecule has 3 rings (SSSR count). The molecular formula is C18H16N2O6S. The van der Waals surface area contributed by atoms with Crippen LogP contribution in [0.3, 0.4) is 0 Å². The Morgan fingerprint density at radius 2 is 1.85 bits per heavy atom. The summed E-state index contributed by atoms with van der Waals surface area (Å²) >= 11 is 0. The van der Waals surface area contributed by atoms with Gasteiger partial charge in [0.1, 0.15) is 11.4 Å². The molecule has 2 aromatic rings. The van der Waals surface area contributed by atoms with E-state index in [4.69, 9.17) is 4.74 Å². The van der Waals surface area contributed by atoms with Crippen LogP contribution in [0.25, 0.3) is 0 Å². The van der Waals surface area contributed by atoms with Gasteiger partial charge in [-0.3, -0.25) is 9.59 Å². The number of sulfonamides is 1. The first kappa shape index (κ1) is 18.6. The van der Waals surface area contributed by atoms with E-state index in [0.29, 0.717) is 4.31 Å². The fourth-order valence-electron chi connectivity index (χ4n) is 2.66. The third-order valence-corrected chi connectivity index (χ3v) is 5.64. The summed E-state index contributed by atoms with van der Waals surface area (Å²) in [7, 11) is -4.06. The van der Waals surface area contributed by atoms with Crippen molar-refractivity contribution in [1.82, 2.24) is 4.31 Å². The Kier molecular flexibility index (Phi) is 4.95. The summed E-state index contributed by atoms with van der Waals surface area (Å²) in [6.45, 7) is 1.22. The van der Waals surface area contributed by atoms with Crippen molar-refractivity contribution in [2.24, 2.45) is 0 Å². The first-order valence-corrected chi connectivity index (χ1v) is 9.51. The Morgan fingerprint density at radius 3 is 2.56 bits per heavy atom. The fourth-order valence-corrected chi connectivity index (χ4v) is 4.18. The van der Waals surface area contributed by atoms with Gasteiger partial charge >= 0.3 is 5.97 Å². The maximum atomic E-state index is 12.5. The van der Waals surface area contributed by atoms with E-state index < -0.39 is 34.4 Å². The zero-order valence-electron chi connectivity index (χ0n) is 14.3. The third-order valence-electron chi connectivity index (χ3n) is 3.86. The second-order valence-corrected chi connectivity index (χ2v) is 7.49. The normalized spacial score (nSPS) is 14.6. The van der Waals surface area contributed by atoms with Crippen molar-refractivity contribution in [1.29, 1.82) is 0 Å². The van der Waals surface area contributed by atoms with Crippen LogP contribution in [0.4, 0.5) is 5.69 Å². The number of nitrogens with zero attached hydrogens (tertiary/aromatic N) is 1. The van der Waals surface area contributed by atoms with Crippen LogP contribution >= 0.6 is 0 Å². The van der Waals surface area contributed by atoms with E-state index in [0.717, 1.165) is 0 Å². The number of hydrogen-bond acceptors (Lipinski definition) is 6. The molecule has 0 aliphatic carbocycles. The summed E-state index contributed by atoms with van der Waals surface area (Å²) in [6, 6.07) is 11.8. The molecule has 0 saturated heterocycles. The average molecular weight is 388 g/mol. The van der Waals surface area contributed by atoms with Gasteiger partial charge in [-0.25, -0.2) is 17.5 Å². The Hall–Kier alpha value is -3.20. The Morgan fingerprint density at radius 1 is 1.11 bits per heavy atom. The van der Waals surface area contributed by atoms with Gasteiger partial charge in [0.2, 0.25) is 5.91 Å². The van der Waals surface area contributed by atoms with Gasteiger partial charge in [-0.05, 0) is 37.3 Å².